The molecule has 0 atom stereocenters. The van der Waals surface area contributed by atoms with Crippen molar-refractivity contribution in [3.63, 3.8) is 0 Å². The maximum atomic E-state index is 5.91. The lowest BCUT2D eigenvalue weighted by molar-refractivity contribution is 0.186. The molecule has 0 unspecified atom stereocenters. The van der Waals surface area contributed by atoms with Crippen LogP contribution in [0.25, 0.3) is 10.8 Å². The third-order valence-electron chi connectivity index (χ3n) is 2.71. The van der Waals surface area contributed by atoms with E-state index >= 15 is 0 Å². The largest absolute Gasteiger partial charge is 0.480 e. The van der Waals surface area contributed by atoms with Gasteiger partial charge in [-0.25, -0.2) is 0 Å². The number of ether oxygens (including phenoxy) is 1. The van der Waals surface area contributed by atoms with E-state index in [9.17, 15) is 0 Å². The van der Waals surface area contributed by atoms with E-state index in [0.717, 1.165) is 16.5 Å². The Kier molecular flexibility index (Phi) is 3.03. The summed E-state index contributed by atoms with van der Waals surface area (Å²) in [6.45, 7) is 3.74. The fourth-order valence-electron chi connectivity index (χ4n) is 1.61. The minimum Gasteiger partial charge on any atom is -0.480 e. The Morgan fingerprint density at radius 2 is 1.76 bits per heavy atom. The molecule has 2 rings (SSSR count). The number of nitrogens with two attached hydrogens (primary N) is 1. The minimum atomic E-state index is -0.639. The van der Waals surface area contributed by atoms with Crippen LogP contribution in [-0.2, 0) is 0 Å². The summed E-state index contributed by atoms with van der Waals surface area (Å²) in [4.78, 5) is 0.352. The van der Waals surface area contributed by atoms with Crippen LogP contribution in [0.4, 0.5) is 0 Å². The number of benzene rings is 2. The molecular weight excluding hydrogens is 230 g/mol. The van der Waals surface area contributed by atoms with E-state index in [1.54, 1.807) is 0 Å². The van der Waals surface area contributed by atoms with E-state index in [-0.39, 0.29) is 0 Å². The van der Waals surface area contributed by atoms with Gasteiger partial charge in [-0.2, -0.15) is 0 Å². The summed E-state index contributed by atoms with van der Waals surface area (Å²) in [5, 5.41) is 2.21. The van der Waals surface area contributed by atoms with Crippen molar-refractivity contribution in [2.75, 3.05) is 0 Å². The average molecular weight is 245 g/mol. The van der Waals surface area contributed by atoms with Crippen molar-refractivity contribution in [3.05, 3.63) is 42.5 Å². The van der Waals surface area contributed by atoms with E-state index in [4.69, 9.17) is 22.7 Å². The summed E-state index contributed by atoms with van der Waals surface area (Å²) in [7, 11) is 0. The van der Waals surface area contributed by atoms with Gasteiger partial charge in [-0.1, -0.05) is 48.6 Å². The summed E-state index contributed by atoms with van der Waals surface area (Å²) >= 11 is 5.01. The Morgan fingerprint density at radius 3 is 2.47 bits per heavy atom. The molecule has 0 heterocycles. The summed E-state index contributed by atoms with van der Waals surface area (Å²) in [6.07, 6.45) is 0. The first-order chi connectivity index (χ1) is 8.00. The van der Waals surface area contributed by atoms with Gasteiger partial charge in [-0.05, 0) is 25.3 Å². The third-order valence-corrected chi connectivity index (χ3v) is 3.20. The van der Waals surface area contributed by atoms with Crippen molar-refractivity contribution < 1.29 is 4.74 Å². The normalized spacial score (nSPS) is 11.4. The summed E-state index contributed by atoms with van der Waals surface area (Å²) in [5.74, 6) is 0.806. The van der Waals surface area contributed by atoms with Gasteiger partial charge in [-0.15, -0.1) is 0 Å². The highest BCUT2D eigenvalue weighted by Crippen LogP contribution is 2.28. The summed E-state index contributed by atoms with van der Waals surface area (Å²) < 4.78 is 5.91. The van der Waals surface area contributed by atoms with Crippen molar-refractivity contribution in [1.82, 2.24) is 0 Å². The van der Waals surface area contributed by atoms with Gasteiger partial charge < -0.3 is 10.5 Å². The van der Waals surface area contributed by atoms with Gasteiger partial charge in [0.15, 0.2) is 5.60 Å². The molecular formula is C14H15NOS. The lowest BCUT2D eigenvalue weighted by Crippen LogP contribution is -2.42. The molecule has 2 nitrogen and oxygen atoms in total. The van der Waals surface area contributed by atoms with Gasteiger partial charge in [0.2, 0.25) is 0 Å². The lowest BCUT2D eigenvalue weighted by Gasteiger charge is -2.25. The SMILES string of the molecule is CC(C)(Oc1cccc2ccccc12)C(N)=S. The first kappa shape index (κ1) is 11.9. The highest BCUT2D eigenvalue weighted by atomic mass is 32.1. The van der Waals surface area contributed by atoms with Crippen LogP contribution in [0.1, 0.15) is 13.8 Å². The molecule has 0 bridgehead atoms. The van der Waals surface area contributed by atoms with Crippen molar-refractivity contribution >= 4 is 28.0 Å². The molecule has 0 amide bonds. The molecule has 3 heteroatoms. The minimum absolute atomic E-state index is 0.352. The van der Waals surface area contributed by atoms with Crippen molar-refractivity contribution in [1.29, 1.82) is 0 Å². The highest BCUT2D eigenvalue weighted by molar-refractivity contribution is 7.80. The molecule has 0 fully saturated rings. The number of thiocarbonyl (C=S) groups is 1. The molecule has 0 saturated heterocycles. The molecule has 0 saturated carbocycles. The molecule has 0 radical (unpaired) electrons. The highest BCUT2D eigenvalue weighted by Gasteiger charge is 2.24. The second-order valence-corrected chi connectivity index (χ2v) is 4.89. The predicted octanol–water partition coefficient (Wildman–Crippen LogP) is 3.28. The van der Waals surface area contributed by atoms with Crippen LogP contribution in [0.3, 0.4) is 0 Å². The number of hydrogen-bond donors (Lipinski definition) is 1. The maximum absolute atomic E-state index is 5.91. The zero-order valence-corrected chi connectivity index (χ0v) is 10.8. The van der Waals surface area contributed by atoms with E-state index in [2.05, 4.69) is 12.1 Å². The summed E-state index contributed by atoms with van der Waals surface area (Å²) in [5.41, 5.74) is 5.03. The van der Waals surface area contributed by atoms with E-state index in [0.29, 0.717) is 4.99 Å². The van der Waals surface area contributed by atoms with Gasteiger partial charge in [0, 0.05) is 5.39 Å². The van der Waals surface area contributed by atoms with Gasteiger partial charge in [0.25, 0.3) is 0 Å². The molecule has 88 valence electrons. The van der Waals surface area contributed by atoms with Crippen molar-refractivity contribution in [2.24, 2.45) is 5.73 Å². The smallest absolute Gasteiger partial charge is 0.153 e. The first-order valence-electron chi connectivity index (χ1n) is 5.47. The molecule has 17 heavy (non-hydrogen) atoms. The fraction of sp³-hybridized carbons (Fsp3) is 0.214. The van der Waals surface area contributed by atoms with Crippen LogP contribution in [0.15, 0.2) is 42.5 Å². The van der Waals surface area contributed by atoms with Gasteiger partial charge >= 0.3 is 0 Å². The zero-order chi connectivity index (χ0) is 12.5. The van der Waals surface area contributed by atoms with E-state index in [1.165, 1.54) is 0 Å². The molecule has 2 aromatic carbocycles. The number of hydrogen-bond acceptors (Lipinski definition) is 2. The van der Waals surface area contributed by atoms with Crippen molar-refractivity contribution in [2.45, 2.75) is 19.4 Å². The van der Waals surface area contributed by atoms with Crippen LogP contribution < -0.4 is 10.5 Å². The van der Waals surface area contributed by atoms with Crippen molar-refractivity contribution in [3.8, 4) is 5.75 Å². The molecule has 0 aliphatic carbocycles. The fourth-order valence-corrected chi connectivity index (χ4v) is 1.65. The Morgan fingerprint density at radius 1 is 1.12 bits per heavy atom. The monoisotopic (exact) mass is 245 g/mol. The topological polar surface area (TPSA) is 35.2 Å². The Balaban J connectivity index is 2.46. The third kappa shape index (κ3) is 2.39. The van der Waals surface area contributed by atoms with Gasteiger partial charge in [-0.3, -0.25) is 0 Å². The Bertz CT molecular complexity index is 558. The lowest BCUT2D eigenvalue weighted by atomic mass is 10.1. The maximum Gasteiger partial charge on any atom is 0.153 e. The van der Waals surface area contributed by atoms with E-state index in [1.807, 2.05) is 44.2 Å². The van der Waals surface area contributed by atoms with Crippen LogP contribution in [-0.4, -0.2) is 10.6 Å². The predicted molar refractivity (Wildman–Crippen MR) is 75.4 cm³/mol. The molecule has 0 spiro atoms. The average Bonchev–Trinajstić information content (AvgIpc) is 2.29. The second-order valence-electron chi connectivity index (χ2n) is 4.45. The molecule has 0 aliphatic heterocycles. The van der Waals surface area contributed by atoms with Gasteiger partial charge in [0.1, 0.15) is 10.7 Å². The van der Waals surface area contributed by atoms with Gasteiger partial charge in [0.05, 0.1) is 0 Å². The number of rotatable bonds is 3. The quantitative estimate of drug-likeness (QED) is 0.843. The van der Waals surface area contributed by atoms with Crippen LogP contribution in [0.2, 0.25) is 0 Å². The van der Waals surface area contributed by atoms with Crippen LogP contribution >= 0.6 is 12.2 Å². The van der Waals surface area contributed by atoms with Crippen LogP contribution in [0.5, 0.6) is 5.75 Å². The number of fused-ring (bicyclic) bond motifs is 1. The van der Waals surface area contributed by atoms with E-state index < -0.39 is 5.60 Å². The molecule has 2 aromatic rings. The standard InChI is InChI=1S/C14H15NOS/c1-14(2,13(15)17)16-12-9-5-7-10-6-3-4-8-11(10)12/h3-9H,1-2H3,(H2,15,17). The zero-order valence-electron chi connectivity index (χ0n) is 9.94. The Hall–Kier alpha value is -1.61. The molecule has 2 N–H and O–H groups in total. The molecule has 0 aromatic heterocycles. The summed E-state index contributed by atoms with van der Waals surface area (Å²) in [6, 6.07) is 14.0. The molecule has 0 aliphatic rings. The van der Waals surface area contributed by atoms with Crippen LogP contribution in [0, 0.1) is 0 Å². The Labute approximate surface area is 106 Å². The second kappa shape index (κ2) is 4.34. The first-order valence-corrected chi connectivity index (χ1v) is 5.88.